The van der Waals surface area contributed by atoms with Crippen LogP contribution in [-0.4, -0.2) is 12.5 Å². The topological polar surface area (TPSA) is 64.9 Å². The molecular weight excluding hydrogens is 386 g/mol. The number of rotatable bonds is 6. The molecule has 0 radical (unpaired) electrons. The van der Waals surface area contributed by atoms with Gasteiger partial charge in [0.15, 0.2) is 0 Å². The number of hydrogen-bond acceptors (Lipinski definition) is 5. The molecule has 142 valence electrons. The average molecular weight is 408 g/mol. The molecule has 0 fully saturated rings. The number of nitrogens with one attached hydrogen (secondary N) is 2. The average Bonchev–Trinajstić information content (AvgIpc) is 3.36. The third-order valence-electron chi connectivity index (χ3n) is 4.96. The molecule has 0 unspecified atom stereocenters. The van der Waals surface area contributed by atoms with Crippen LogP contribution < -0.4 is 10.6 Å². The Morgan fingerprint density at radius 2 is 1.96 bits per heavy atom. The number of carbonyl (C=O) groups excluding carboxylic acids is 1. The van der Waals surface area contributed by atoms with E-state index < -0.39 is 0 Å². The fourth-order valence-electron chi connectivity index (χ4n) is 3.62. The van der Waals surface area contributed by atoms with Gasteiger partial charge in [0.05, 0.1) is 18.2 Å². The summed E-state index contributed by atoms with van der Waals surface area (Å²) in [4.78, 5) is 15.1. The zero-order valence-electron chi connectivity index (χ0n) is 15.4. The number of aryl methyl sites for hydroxylation is 1. The second-order valence-corrected chi connectivity index (χ2v) is 8.90. The SMILES string of the molecule is N#Cc1c(NC(=O)CN[C@H](c2ccccc2)c2cccs2)sc2c1CCCC2. The van der Waals surface area contributed by atoms with Gasteiger partial charge in [-0.1, -0.05) is 36.4 Å². The van der Waals surface area contributed by atoms with Gasteiger partial charge in [-0.05, 0) is 48.3 Å². The first-order valence-corrected chi connectivity index (χ1v) is 11.1. The van der Waals surface area contributed by atoms with Crippen molar-refractivity contribution >= 4 is 33.6 Å². The van der Waals surface area contributed by atoms with Crippen molar-refractivity contribution in [2.75, 3.05) is 11.9 Å². The summed E-state index contributed by atoms with van der Waals surface area (Å²) >= 11 is 3.23. The van der Waals surface area contributed by atoms with Crippen LogP contribution in [0.3, 0.4) is 0 Å². The summed E-state index contributed by atoms with van der Waals surface area (Å²) < 4.78 is 0. The molecule has 0 spiro atoms. The lowest BCUT2D eigenvalue weighted by molar-refractivity contribution is -0.115. The Hall–Kier alpha value is -2.46. The van der Waals surface area contributed by atoms with Crippen LogP contribution in [0.2, 0.25) is 0 Å². The summed E-state index contributed by atoms with van der Waals surface area (Å²) in [6, 6.07) is 16.5. The van der Waals surface area contributed by atoms with E-state index >= 15 is 0 Å². The lowest BCUT2D eigenvalue weighted by Gasteiger charge is -2.17. The van der Waals surface area contributed by atoms with Crippen LogP contribution >= 0.6 is 22.7 Å². The van der Waals surface area contributed by atoms with Gasteiger partial charge in [-0.25, -0.2) is 0 Å². The largest absolute Gasteiger partial charge is 0.315 e. The molecule has 1 aliphatic carbocycles. The molecule has 1 amide bonds. The highest BCUT2D eigenvalue weighted by Gasteiger charge is 2.22. The molecule has 28 heavy (non-hydrogen) atoms. The van der Waals surface area contributed by atoms with E-state index in [4.69, 9.17) is 0 Å². The quantitative estimate of drug-likeness (QED) is 0.612. The Morgan fingerprint density at radius 1 is 1.14 bits per heavy atom. The summed E-state index contributed by atoms with van der Waals surface area (Å²) in [5.41, 5.74) is 2.93. The predicted molar refractivity (Wildman–Crippen MR) is 115 cm³/mol. The predicted octanol–water partition coefficient (Wildman–Crippen LogP) is 4.88. The number of carbonyl (C=O) groups is 1. The minimum Gasteiger partial charge on any atom is -0.315 e. The number of nitriles is 1. The highest BCUT2D eigenvalue weighted by atomic mass is 32.1. The molecule has 1 atom stereocenters. The molecule has 0 saturated heterocycles. The van der Waals surface area contributed by atoms with Crippen LogP contribution in [0.1, 0.15) is 45.3 Å². The van der Waals surface area contributed by atoms with Gasteiger partial charge < -0.3 is 5.32 Å². The van der Waals surface area contributed by atoms with E-state index in [1.165, 1.54) is 9.75 Å². The summed E-state index contributed by atoms with van der Waals surface area (Å²) in [5, 5.41) is 18.7. The van der Waals surface area contributed by atoms with E-state index in [1.807, 2.05) is 29.6 Å². The Kier molecular flexibility index (Phi) is 5.87. The maximum Gasteiger partial charge on any atom is 0.238 e. The highest BCUT2D eigenvalue weighted by molar-refractivity contribution is 7.16. The normalized spacial score (nSPS) is 14.1. The van der Waals surface area contributed by atoms with Crippen LogP contribution in [-0.2, 0) is 17.6 Å². The van der Waals surface area contributed by atoms with Gasteiger partial charge in [0.2, 0.25) is 5.91 Å². The van der Waals surface area contributed by atoms with Crippen molar-refractivity contribution in [2.24, 2.45) is 0 Å². The van der Waals surface area contributed by atoms with E-state index in [0.29, 0.717) is 10.6 Å². The van der Waals surface area contributed by atoms with Crippen LogP contribution in [0.15, 0.2) is 47.8 Å². The number of anilines is 1. The van der Waals surface area contributed by atoms with Crippen LogP contribution in [0.5, 0.6) is 0 Å². The minimum absolute atomic E-state index is 0.0288. The van der Waals surface area contributed by atoms with Gasteiger partial charge in [-0.2, -0.15) is 5.26 Å². The number of thiophene rings is 2. The van der Waals surface area contributed by atoms with Gasteiger partial charge in [-0.3, -0.25) is 10.1 Å². The second kappa shape index (κ2) is 8.70. The van der Waals surface area contributed by atoms with E-state index in [0.717, 1.165) is 36.8 Å². The van der Waals surface area contributed by atoms with E-state index in [2.05, 4.69) is 34.9 Å². The molecular formula is C22H21N3OS2. The van der Waals surface area contributed by atoms with Gasteiger partial charge in [0, 0.05) is 9.75 Å². The molecule has 4 rings (SSSR count). The number of nitrogens with zero attached hydrogens (tertiary/aromatic N) is 1. The molecule has 1 aromatic carbocycles. The number of hydrogen-bond donors (Lipinski definition) is 2. The second-order valence-electron chi connectivity index (χ2n) is 6.82. The van der Waals surface area contributed by atoms with Crippen molar-refractivity contribution in [1.29, 1.82) is 5.26 Å². The standard InChI is InChI=1S/C22H21N3OS2/c23-13-17-16-9-4-5-10-18(16)28-22(17)25-20(26)14-24-21(19-11-6-12-27-19)15-7-2-1-3-8-15/h1-3,6-8,11-12,21,24H,4-5,9-10,14H2,(H,25,26)/t21-/m1/s1. The molecule has 6 heteroatoms. The van der Waals surface area contributed by atoms with Crippen LogP contribution in [0, 0.1) is 11.3 Å². The Labute approximate surface area is 172 Å². The summed E-state index contributed by atoms with van der Waals surface area (Å²) in [6.45, 7) is 0.185. The molecule has 0 saturated carbocycles. The lowest BCUT2D eigenvalue weighted by Crippen LogP contribution is -2.31. The monoisotopic (exact) mass is 407 g/mol. The smallest absolute Gasteiger partial charge is 0.238 e. The first kappa shape index (κ1) is 18.9. The van der Waals surface area contributed by atoms with E-state index in [9.17, 15) is 10.1 Å². The molecule has 4 nitrogen and oxygen atoms in total. The molecule has 3 aromatic rings. The maximum absolute atomic E-state index is 12.6. The third-order valence-corrected chi connectivity index (χ3v) is 7.11. The van der Waals surface area contributed by atoms with E-state index in [1.54, 1.807) is 22.7 Å². The zero-order valence-corrected chi connectivity index (χ0v) is 17.0. The first-order valence-electron chi connectivity index (χ1n) is 9.42. The maximum atomic E-state index is 12.6. The number of amides is 1. The Balaban J connectivity index is 1.46. The molecule has 2 aromatic heterocycles. The molecule has 2 N–H and O–H groups in total. The van der Waals surface area contributed by atoms with Crippen molar-refractivity contribution in [2.45, 2.75) is 31.7 Å². The van der Waals surface area contributed by atoms with Gasteiger partial charge in [0.1, 0.15) is 11.1 Å². The van der Waals surface area contributed by atoms with Crippen molar-refractivity contribution < 1.29 is 4.79 Å². The Bertz CT molecular complexity index is 987. The lowest BCUT2D eigenvalue weighted by atomic mass is 9.96. The van der Waals surface area contributed by atoms with Crippen LogP contribution in [0.4, 0.5) is 5.00 Å². The third kappa shape index (κ3) is 4.02. The van der Waals surface area contributed by atoms with Crippen molar-refractivity contribution in [3.63, 3.8) is 0 Å². The number of benzene rings is 1. The molecule has 0 aliphatic heterocycles. The zero-order chi connectivity index (χ0) is 19.3. The summed E-state index contributed by atoms with van der Waals surface area (Å²) in [7, 11) is 0. The summed E-state index contributed by atoms with van der Waals surface area (Å²) in [6.07, 6.45) is 4.23. The molecule has 1 aliphatic rings. The molecule has 0 bridgehead atoms. The molecule has 2 heterocycles. The van der Waals surface area contributed by atoms with Crippen molar-refractivity contribution in [3.05, 3.63) is 74.3 Å². The minimum atomic E-state index is -0.118. The van der Waals surface area contributed by atoms with Gasteiger partial charge in [0.25, 0.3) is 0 Å². The highest BCUT2D eigenvalue weighted by Crippen LogP contribution is 2.37. The first-order chi connectivity index (χ1) is 13.8. The summed E-state index contributed by atoms with van der Waals surface area (Å²) in [5.74, 6) is -0.118. The van der Waals surface area contributed by atoms with Crippen molar-refractivity contribution in [1.82, 2.24) is 5.32 Å². The van der Waals surface area contributed by atoms with Gasteiger partial charge in [-0.15, -0.1) is 22.7 Å². The fraction of sp³-hybridized carbons (Fsp3) is 0.273. The Morgan fingerprint density at radius 3 is 2.71 bits per heavy atom. The fourth-order valence-corrected chi connectivity index (χ4v) is 5.70. The van der Waals surface area contributed by atoms with Crippen LogP contribution in [0.25, 0.3) is 0 Å². The number of fused-ring (bicyclic) bond motifs is 1. The van der Waals surface area contributed by atoms with Crippen molar-refractivity contribution in [3.8, 4) is 6.07 Å². The van der Waals surface area contributed by atoms with E-state index in [-0.39, 0.29) is 18.5 Å². The van der Waals surface area contributed by atoms with Gasteiger partial charge >= 0.3 is 0 Å².